The monoisotopic (exact) mass is 303 g/mol. The Morgan fingerprint density at radius 3 is 2.67 bits per heavy atom. The van der Waals surface area contributed by atoms with Crippen LogP contribution in [0.4, 0.5) is 13.2 Å². The highest BCUT2D eigenvalue weighted by Crippen LogP contribution is 2.37. The van der Waals surface area contributed by atoms with E-state index in [1.165, 1.54) is 19.1 Å². The van der Waals surface area contributed by atoms with Crippen molar-refractivity contribution in [1.29, 1.82) is 0 Å². The minimum atomic E-state index is -4.59. The summed E-state index contributed by atoms with van der Waals surface area (Å²) in [6.07, 6.45) is -3.85. The molecule has 7 heteroatoms. The van der Waals surface area contributed by atoms with Gasteiger partial charge < -0.3 is 15.2 Å². The number of carboxylic acid groups (broad SMARTS) is 1. The fourth-order valence-corrected chi connectivity index (χ4v) is 1.80. The largest absolute Gasteiger partial charge is 0.479 e. The summed E-state index contributed by atoms with van der Waals surface area (Å²) in [7, 11) is 0. The molecule has 21 heavy (non-hydrogen) atoms. The van der Waals surface area contributed by atoms with Gasteiger partial charge in [0.25, 0.3) is 0 Å². The smallest absolute Gasteiger partial charge is 0.419 e. The van der Waals surface area contributed by atoms with Crippen LogP contribution in [-0.4, -0.2) is 23.2 Å². The molecule has 0 heterocycles. The molecule has 2 rings (SSSR count). The Hall–Kier alpha value is -1.76. The van der Waals surface area contributed by atoms with E-state index in [4.69, 9.17) is 9.84 Å². The van der Waals surface area contributed by atoms with Gasteiger partial charge in [-0.05, 0) is 37.5 Å². The van der Waals surface area contributed by atoms with Crippen LogP contribution in [0.15, 0.2) is 18.2 Å². The van der Waals surface area contributed by atoms with Gasteiger partial charge in [0.1, 0.15) is 5.75 Å². The molecule has 0 bridgehead atoms. The number of hydrogen-bond acceptors (Lipinski definition) is 3. The highest BCUT2D eigenvalue weighted by atomic mass is 19.4. The van der Waals surface area contributed by atoms with Crippen LogP contribution in [0.2, 0.25) is 0 Å². The van der Waals surface area contributed by atoms with Gasteiger partial charge in [-0.25, -0.2) is 4.79 Å². The quantitative estimate of drug-likeness (QED) is 0.848. The number of alkyl halides is 3. The second kappa shape index (κ2) is 5.93. The summed E-state index contributed by atoms with van der Waals surface area (Å²) >= 11 is 0. The number of benzene rings is 1. The van der Waals surface area contributed by atoms with Crippen molar-refractivity contribution in [1.82, 2.24) is 5.32 Å². The molecule has 0 saturated heterocycles. The molecule has 1 fully saturated rings. The van der Waals surface area contributed by atoms with Gasteiger partial charge in [-0.1, -0.05) is 6.07 Å². The summed E-state index contributed by atoms with van der Waals surface area (Å²) in [6.45, 7) is 1.54. The van der Waals surface area contributed by atoms with Crippen molar-refractivity contribution in [2.24, 2.45) is 0 Å². The molecule has 2 N–H and O–H groups in total. The van der Waals surface area contributed by atoms with Crippen LogP contribution >= 0.6 is 0 Å². The van der Waals surface area contributed by atoms with Crippen molar-refractivity contribution >= 4 is 5.97 Å². The normalized spacial score (nSPS) is 16.6. The zero-order valence-corrected chi connectivity index (χ0v) is 11.4. The van der Waals surface area contributed by atoms with E-state index in [1.54, 1.807) is 0 Å². The lowest BCUT2D eigenvalue weighted by Crippen LogP contribution is -2.24. The third kappa shape index (κ3) is 4.35. The molecule has 1 unspecified atom stereocenters. The number of rotatable bonds is 6. The van der Waals surface area contributed by atoms with Gasteiger partial charge in [0.2, 0.25) is 0 Å². The van der Waals surface area contributed by atoms with Crippen molar-refractivity contribution in [3.63, 3.8) is 0 Å². The van der Waals surface area contributed by atoms with Crippen LogP contribution < -0.4 is 10.1 Å². The standard InChI is InChI=1S/C14H16F3NO3/c1-8(13(19)20)21-12-5-2-9(7-18-10-3-4-10)6-11(12)14(15,16)17/h2,5-6,8,10,18H,3-4,7H2,1H3,(H,19,20). The second-order valence-electron chi connectivity index (χ2n) is 5.08. The summed E-state index contributed by atoms with van der Waals surface area (Å²) in [5.41, 5.74) is -0.463. The van der Waals surface area contributed by atoms with Gasteiger partial charge in [0, 0.05) is 12.6 Å². The SMILES string of the molecule is CC(Oc1ccc(CNC2CC2)cc1C(F)(F)F)C(=O)O. The first-order chi connectivity index (χ1) is 9.77. The first kappa shape index (κ1) is 15.6. The summed E-state index contributed by atoms with van der Waals surface area (Å²) < 4.78 is 44.0. The Balaban J connectivity index is 2.20. The fourth-order valence-electron chi connectivity index (χ4n) is 1.80. The maximum atomic E-state index is 13.0. The first-order valence-electron chi connectivity index (χ1n) is 6.60. The van der Waals surface area contributed by atoms with Crippen molar-refractivity contribution in [3.05, 3.63) is 29.3 Å². The third-order valence-electron chi connectivity index (χ3n) is 3.17. The minimum absolute atomic E-state index is 0.350. The van der Waals surface area contributed by atoms with Crippen LogP contribution in [0.25, 0.3) is 0 Å². The fraction of sp³-hybridized carbons (Fsp3) is 0.500. The third-order valence-corrected chi connectivity index (χ3v) is 3.17. The predicted molar refractivity (Wildman–Crippen MR) is 69.0 cm³/mol. The van der Waals surface area contributed by atoms with Crippen LogP contribution in [0.5, 0.6) is 5.75 Å². The predicted octanol–water partition coefficient (Wildman–Crippen LogP) is 2.81. The second-order valence-corrected chi connectivity index (χ2v) is 5.08. The lowest BCUT2D eigenvalue weighted by molar-refractivity contribution is -0.147. The molecule has 0 spiro atoms. The van der Waals surface area contributed by atoms with E-state index in [2.05, 4.69) is 5.32 Å². The van der Waals surface area contributed by atoms with E-state index < -0.39 is 29.6 Å². The lowest BCUT2D eigenvalue weighted by atomic mass is 10.1. The number of carboxylic acids is 1. The zero-order chi connectivity index (χ0) is 15.6. The summed E-state index contributed by atoms with van der Waals surface area (Å²) in [5, 5.41) is 11.9. The number of nitrogens with one attached hydrogen (secondary N) is 1. The van der Waals surface area contributed by atoms with Crippen LogP contribution in [-0.2, 0) is 17.5 Å². The van der Waals surface area contributed by atoms with Gasteiger partial charge in [-0.15, -0.1) is 0 Å². The van der Waals surface area contributed by atoms with Crippen molar-refractivity contribution < 1.29 is 27.8 Å². The zero-order valence-electron chi connectivity index (χ0n) is 11.4. The minimum Gasteiger partial charge on any atom is -0.479 e. The van der Waals surface area contributed by atoms with Crippen molar-refractivity contribution in [3.8, 4) is 5.75 Å². The van der Waals surface area contributed by atoms with E-state index in [1.807, 2.05) is 0 Å². The highest BCUT2D eigenvalue weighted by Gasteiger charge is 2.35. The Morgan fingerprint density at radius 2 is 2.14 bits per heavy atom. The Morgan fingerprint density at radius 1 is 1.48 bits per heavy atom. The number of ether oxygens (including phenoxy) is 1. The van der Waals surface area contributed by atoms with Crippen LogP contribution in [0.1, 0.15) is 30.9 Å². The van der Waals surface area contributed by atoms with E-state index in [0.29, 0.717) is 18.2 Å². The number of aliphatic carboxylic acids is 1. The van der Waals surface area contributed by atoms with Gasteiger partial charge >= 0.3 is 12.1 Å². The van der Waals surface area contributed by atoms with E-state index in [9.17, 15) is 18.0 Å². The van der Waals surface area contributed by atoms with E-state index >= 15 is 0 Å². The Kier molecular flexibility index (Phi) is 4.41. The molecule has 1 aliphatic carbocycles. The van der Waals surface area contributed by atoms with Gasteiger partial charge in [-0.3, -0.25) is 0 Å². The molecule has 116 valence electrons. The maximum Gasteiger partial charge on any atom is 0.419 e. The molecular weight excluding hydrogens is 287 g/mol. The molecule has 0 amide bonds. The van der Waals surface area contributed by atoms with Gasteiger partial charge in [-0.2, -0.15) is 13.2 Å². The van der Waals surface area contributed by atoms with E-state index in [0.717, 1.165) is 18.9 Å². The first-order valence-corrected chi connectivity index (χ1v) is 6.60. The van der Waals surface area contributed by atoms with Crippen LogP contribution in [0.3, 0.4) is 0 Å². The lowest BCUT2D eigenvalue weighted by Gasteiger charge is -2.17. The van der Waals surface area contributed by atoms with E-state index in [-0.39, 0.29) is 0 Å². The summed E-state index contributed by atoms with van der Waals surface area (Å²) in [6, 6.07) is 4.07. The number of carbonyl (C=O) groups is 1. The van der Waals surface area contributed by atoms with Crippen LogP contribution in [0, 0.1) is 0 Å². The molecule has 1 aromatic rings. The molecule has 0 aliphatic heterocycles. The average molecular weight is 303 g/mol. The van der Waals surface area contributed by atoms with Gasteiger partial charge in [0.15, 0.2) is 6.10 Å². The molecule has 1 atom stereocenters. The summed E-state index contributed by atoms with van der Waals surface area (Å²) in [4.78, 5) is 10.7. The molecule has 0 radical (unpaired) electrons. The topological polar surface area (TPSA) is 58.6 Å². The highest BCUT2D eigenvalue weighted by molar-refractivity contribution is 5.72. The summed E-state index contributed by atoms with van der Waals surface area (Å²) in [5.74, 6) is -1.78. The number of hydrogen-bond donors (Lipinski definition) is 2. The Bertz CT molecular complexity index is 527. The molecule has 1 aromatic carbocycles. The molecule has 1 saturated carbocycles. The molecule has 1 aliphatic rings. The van der Waals surface area contributed by atoms with Crippen molar-refractivity contribution in [2.75, 3.05) is 0 Å². The molecule has 4 nitrogen and oxygen atoms in total. The maximum absolute atomic E-state index is 13.0. The van der Waals surface area contributed by atoms with Crippen molar-refractivity contribution in [2.45, 2.75) is 44.6 Å². The molecule has 0 aromatic heterocycles. The Labute approximate surface area is 119 Å². The molecular formula is C14H16F3NO3. The average Bonchev–Trinajstić information content (AvgIpc) is 3.20. The van der Waals surface area contributed by atoms with Gasteiger partial charge in [0.05, 0.1) is 5.56 Å². The number of halogens is 3.